The fourth-order valence-corrected chi connectivity index (χ4v) is 3.28. The maximum atomic E-state index is 13.2. The molecule has 0 aromatic heterocycles. The summed E-state index contributed by atoms with van der Waals surface area (Å²) < 4.78 is 40.5. The summed E-state index contributed by atoms with van der Waals surface area (Å²) in [5.74, 6) is -0.480. The van der Waals surface area contributed by atoms with Crippen molar-refractivity contribution in [1.82, 2.24) is 0 Å². The summed E-state index contributed by atoms with van der Waals surface area (Å²) in [7, 11) is -3.72. The van der Waals surface area contributed by atoms with Crippen LogP contribution in [0.1, 0.15) is 5.56 Å². The smallest absolute Gasteiger partial charge is 0.261 e. The molecule has 0 saturated heterocycles. The summed E-state index contributed by atoms with van der Waals surface area (Å²) >= 11 is 3.21. The minimum atomic E-state index is -3.72. The number of sulfonamides is 1. The van der Waals surface area contributed by atoms with E-state index in [1.807, 2.05) is 0 Å². The van der Waals surface area contributed by atoms with E-state index in [1.165, 1.54) is 18.2 Å². The van der Waals surface area contributed by atoms with Gasteiger partial charge in [-0.15, -0.1) is 0 Å². The van der Waals surface area contributed by atoms with Crippen LogP contribution in [0.25, 0.3) is 0 Å². The van der Waals surface area contributed by atoms with Crippen LogP contribution in [-0.4, -0.2) is 8.42 Å². The summed E-state index contributed by atoms with van der Waals surface area (Å²) in [6, 6.07) is 10.3. The number of halogens is 2. The average Bonchev–Trinajstić information content (AvgIpc) is 2.26. The third-order valence-corrected chi connectivity index (χ3v) is 4.27. The Morgan fingerprint density at radius 3 is 2.53 bits per heavy atom. The van der Waals surface area contributed by atoms with E-state index < -0.39 is 15.8 Å². The first kappa shape index (κ1) is 14.0. The van der Waals surface area contributed by atoms with Crippen LogP contribution in [0, 0.1) is 12.7 Å². The number of hydrogen-bond acceptors (Lipinski definition) is 2. The molecule has 2 aromatic rings. The minimum absolute atomic E-state index is 0.115. The lowest BCUT2D eigenvalue weighted by Crippen LogP contribution is -2.13. The van der Waals surface area contributed by atoms with Crippen molar-refractivity contribution >= 4 is 31.6 Å². The first-order valence-electron chi connectivity index (χ1n) is 5.42. The van der Waals surface area contributed by atoms with Gasteiger partial charge in [0.15, 0.2) is 0 Å². The topological polar surface area (TPSA) is 46.2 Å². The Morgan fingerprint density at radius 1 is 1.16 bits per heavy atom. The molecule has 100 valence electrons. The molecule has 0 atom stereocenters. The highest BCUT2D eigenvalue weighted by molar-refractivity contribution is 9.10. The predicted octanol–water partition coefficient (Wildman–Crippen LogP) is 3.70. The largest absolute Gasteiger partial charge is 0.280 e. The molecule has 0 fully saturated rings. The van der Waals surface area contributed by atoms with Gasteiger partial charge in [-0.2, -0.15) is 0 Å². The Balaban J connectivity index is 2.36. The predicted molar refractivity (Wildman–Crippen MR) is 76.1 cm³/mol. The Labute approximate surface area is 119 Å². The van der Waals surface area contributed by atoms with Crippen molar-refractivity contribution < 1.29 is 12.8 Å². The number of rotatable bonds is 3. The standard InChI is InChI=1S/C13H11BrFNO2S/c1-9-5-11(15)8-12(6-9)16-19(17,18)13-4-2-3-10(14)7-13/h2-8,16H,1H3. The van der Waals surface area contributed by atoms with Gasteiger partial charge in [-0.3, -0.25) is 4.72 Å². The van der Waals surface area contributed by atoms with E-state index in [1.54, 1.807) is 25.1 Å². The monoisotopic (exact) mass is 343 g/mol. The van der Waals surface area contributed by atoms with Crippen LogP contribution < -0.4 is 4.72 Å². The van der Waals surface area contributed by atoms with Crippen molar-refractivity contribution in [3.63, 3.8) is 0 Å². The molecule has 0 bridgehead atoms. The maximum Gasteiger partial charge on any atom is 0.261 e. The first-order chi connectivity index (χ1) is 8.87. The lowest BCUT2D eigenvalue weighted by Gasteiger charge is -2.09. The normalized spacial score (nSPS) is 11.3. The van der Waals surface area contributed by atoms with Crippen molar-refractivity contribution in [3.8, 4) is 0 Å². The maximum absolute atomic E-state index is 13.2. The summed E-state index contributed by atoms with van der Waals surface area (Å²) in [5, 5.41) is 0. The molecule has 0 spiro atoms. The summed E-state index contributed by atoms with van der Waals surface area (Å²) in [6.07, 6.45) is 0. The van der Waals surface area contributed by atoms with Crippen molar-refractivity contribution in [3.05, 3.63) is 58.3 Å². The molecule has 3 nitrogen and oxygen atoms in total. The van der Waals surface area contributed by atoms with E-state index in [2.05, 4.69) is 20.7 Å². The molecule has 19 heavy (non-hydrogen) atoms. The van der Waals surface area contributed by atoms with Gasteiger partial charge in [0.25, 0.3) is 10.0 Å². The molecule has 0 aliphatic carbocycles. The Kier molecular flexibility index (Phi) is 3.91. The lowest BCUT2D eigenvalue weighted by molar-refractivity contribution is 0.601. The van der Waals surface area contributed by atoms with Gasteiger partial charge in [-0.25, -0.2) is 12.8 Å². The number of aryl methyl sites for hydroxylation is 1. The molecule has 1 N–H and O–H groups in total. The van der Waals surface area contributed by atoms with Crippen LogP contribution in [0.4, 0.5) is 10.1 Å². The van der Waals surface area contributed by atoms with Gasteiger partial charge >= 0.3 is 0 Å². The van der Waals surface area contributed by atoms with Crippen LogP contribution >= 0.6 is 15.9 Å². The molecule has 0 saturated carbocycles. The highest BCUT2D eigenvalue weighted by atomic mass is 79.9. The second-order valence-corrected chi connectivity index (χ2v) is 6.68. The molecule has 0 amide bonds. The van der Waals surface area contributed by atoms with Crippen LogP contribution in [-0.2, 0) is 10.0 Å². The van der Waals surface area contributed by atoms with Gasteiger partial charge in [0.05, 0.1) is 10.6 Å². The molecular weight excluding hydrogens is 333 g/mol. The van der Waals surface area contributed by atoms with Crippen LogP contribution in [0.2, 0.25) is 0 Å². The minimum Gasteiger partial charge on any atom is -0.280 e. The molecule has 0 unspecified atom stereocenters. The third kappa shape index (κ3) is 3.54. The van der Waals surface area contributed by atoms with Crippen molar-refractivity contribution in [2.24, 2.45) is 0 Å². The van der Waals surface area contributed by atoms with Gasteiger partial charge in [-0.1, -0.05) is 22.0 Å². The zero-order valence-corrected chi connectivity index (χ0v) is 12.4. The van der Waals surface area contributed by atoms with Gasteiger partial charge in [0, 0.05) is 4.47 Å². The van der Waals surface area contributed by atoms with E-state index >= 15 is 0 Å². The fraction of sp³-hybridized carbons (Fsp3) is 0.0769. The van der Waals surface area contributed by atoms with Crippen molar-refractivity contribution in [2.45, 2.75) is 11.8 Å². The number of benzene rings is 2. The highest BCUT2D eigenvalue weighted by Crippen LogP contribution is 2.21. The van der Waals surface area contributed by atoms with Crippen LogP contribution in [0.5, 0.6) is 0 Å². The lowest BCUT2D eigenvalue weighted by atomic mass is 10.2. The van der Waals surface area contributed by atoms with E-state index in [0.717, 1.165) is 6.07 Å². The van der Waals surface area contributed by atoms with Crippen molar-refractivity contribution in [2.75, 3.05) is 4.72 Å². The number of nitrogens with one attached hydrogen (secondary N) is 1. The van der Waals surface area contributed by atoms with Gasteiger partial charge < -0.3 is 0 Å². The molecular formula is C13H11BrFNO2S. The molecule has 0 aliphatic heterocycles. The van der Waals surface area contributed by atoms with E-state index in [9.17, 15) is 12.8 Å². The van der Waals surface area contributed by atoms with E-state index in [0.29, 0.717) is 10.0 Å². The molecule has 2 rings (SSSR count). The Morgan fingerprint density at radius 2 is 1.89 bits per heavy atom. The molecule has 0 aliphatic rings. The highest BCUT2D eigenvalue weighted by Gasteiger charge is 2.14. The summed E-state index contributed by atoms with van der Waals surface area (Å²) in [4.78, 5) is 0.115. The summed E-state index contributed by atoms with van der Waals surface area (Å²) in [5.41, 5.74) is 0.851. The second kappa shape index (κ2) is 5.30. The average molecular weight is 344 g/mol. The molecule has 2 aromatic carbocycles. The molecule has 0 heterocycles. The van der Waals surface area contributed by atoms with Crippen molar-refractivity contribution in [1.29, 1.82) is 0 Å². The molecule has 6 heteroatoms. The fourth-order valence-electron chi connectivity index (χ4n) is 1.64. The SMILES string of the molecule is Cc1cc(F)cc(NS(=O)(=O)c2cccc(Br)c2)c1. The van der Waals surface area contributed by atoms with E-state index in [4.69, 9.17) is 0 Å². The van der Waals surface area contributed by atoms with Gasteiger partial charge in [0.1, 0.15) is 5.82 Å². The first-order valence-corrected chi connectivity index (χ1v) is 7.70. The summed E-state index contributed by atoms with van der Waals surface area (Å²) in [6.45, 7) is 1.69. The van der Waals surface area contributed by atoms with E-state index in [-0.39, 0.29) is 10.6 Å². The van der Waals surface area contributed by atoms with Gasteiger partial charge in [0.2, 0.25) is 0 Å². The Hall–Kier alpha value is -1.40. The zero-order chi connectivity index (χ0) is 14.0. The Bertz CT molecular complexity index is 696. The number of anilines is 1. The van der Waals surface area contributed by atoms with Crippen LogP contribution in [0.3, 0.4) is 0 Å². The van der Waals surface area contributed by atoms with Gasteiger partial charge in [-0.05, 0) is 48.9 Å². The molecule has 0 radical (unpaired) electrons. The third-order valence-electron chi connectivity index (χ3n) is 2.40. The quantitative estimate of drug-likeness (QED) is 0.923. The van der Waals surface area contributed by atoms with Crippen LogP contribution in [0.15, 0.2) is 51.8 Å². The zero-order valence-electron chi connectivity index (χ0n) is 10.0. The number of hydrogen-bond donors (Lipinski definition) is 1. The second-order valence-electron chi connectivity index (χ2n) is 4.08.